The Hall–Kier alpha value is -0.360. The molecule has 3 aliphatic rings. The van der Waals surface area contributed by atoms with Gasteiger partial charge in [-0.1, -0.05) is 6.92 Å². The summed E-state index contributed by atoms with van der Waals surface area (Å²) in [5, 5.41) is 0. The fraction of sp³-hybridized carbons (Fsp3) is 0.944. The molecule has 7 heteroatoms. The second-order valence-electron chi connectivity index (χ2n) is 10.3. The molecule has 0 N–H and O–H groups in total. The minimum atomic E-state index is -0.460. The van der Waals surface area contributed by atoms with E-state index in [1.807, 2.05) is 55.4 Å². The van der Waals surface area contributed by atoms with Crippen LogP contribution in [0.15, 0.2) is 0 Å². The molecular formula is C18H32B2O5. The Morgan fingerprint density at radius 1 is 0.680 bits per heavy atom. The highest BCUT2D eigenvalue weighted by molar-refractivity contribution is 6.69. The van der Waals surface area contributed by atoms with Gasteiger partial charge in [0.15, 0.2) is 0 Å². The van der Waals surface area contributed by atoms with Crippen molar-refractivity contribution >= 4 is 20.0 Å². The first-order valence-corrected chi connectivity index (χ1v) is 9.33. The van der Waals surface area contributed by atoms with Crippen molar-refractivity contribution < 1.29 is 23.4 Å². The van der Waals surface area contributed by atoms with Crippen molar-refractivity contribution in [3.8, 4) is 0 Å². The zero-order chi connectivity index (χ0) is 19.1. The Bertz CT molecular complexity index is 508. The van der Waals surface area contributed by atoms with E-state index in [4.69, 9.17) is 18.6 Å². The predicted molar refractivity (Wildman–Crippen MR) is 98.3 cm³/mol. The van der Waals surface area contributed by atoms with Crippen molar-refractivity contribution in [2.24, 2.45) is 5.41 Å². The van der Waals surface area contributed by atoms with Gasteiger partial charge in [-0.25, -0.2) is 0 Å². The number of hydrogen-bond acceptors (Lipinski definition) is 5. The summed E-state index contributed by atoms with van der Waals surface area (Å²) in [6.07, 6.45) is 1.04. The first kappa shape index (κ1) is 19.4. The maximum Gasteiger partial charge on any atom is 0.459 e. The van der Waals surface area contributed by atoms with Gasteiger partial charge >= 0.3 is 14.2 Å². The smallest absolute Gasteiger partial charge is 0.403 e. The van der Waals surface area contributed by atoms with E-state index in [9.17, 15) is 4.79 Å². The van der Waals surface area contributed by atoms with Gasteiger partial charge in [-0.2, -0.15) is 0 Å². The number of hydrogen-bond donors (Lipinski definition) is 0. The number of carbonyl (C=O) groups is 1. The average molecular weight is 350 g/mol. The zero-order valence-corrected chi connectivity index (χ0v) is 17.2. The lowest BCUT2D eigenvalue weighted by Gasteiger charge is -2.44. The number of ketones is 1. The van der Waals surface area contributed by atoms with Crippen LogP contribution in [0.2, 0.25) is 5.72 Å². The summed E-state index contributed by atoms with van der Waals surface area (Å²) in [5.41, 5.74) is -2.10. The molecule has 25 heavy (non-hydrogen) atoms. The van der Waals surface area contributed by atoms with Gasteiger partial charge in [0, 0.05) is 18.6 Å². The van der Waals surface area contributed by atoms with E-state index in [0.717, 1.165) is 0 Å². The van der Waals surface area contributed by atoms with Crippen LogP contribution in [-0.4, -0.2) is 42.4 Å². The third kappa shape index (κ3) is 2.91. The van der Waals surface area contributed by atoms with Gasteiger partial charge in [-0.3, -0.25) is 4.79 Å². The SMILES string of the molecule is CC1(C(B2OC(C)(C)C(C)(C)O2)B2OC(C)(C)C(C)(C)O2)CC(=O)C1. The van der Waals surface area contributed by atoms with Gasteiger partial charge in [0.25, 0.3) is 0 Å². The fourth-order valence-corrected chi connectivity index (χ4v) is 3.94. The highest BCUT2D eigenvalue weighted by atomic mass is 16.7. The minimum Gasteiger partial charge on any atom is -0.403 e. The molecule has 140 valence electrons. The van der Waals surface area contributed by atoms with Crippen LogP contribution in [0.1, 0.15) is 75.2 Å². The van der Waals surface area contributed by atoms with E-state index in [1.165, 1.54) is 0 Å². The van der Waals surface area contributed by atoms with Gasteiger partial charge in [0.2, 0.25) is 0 Å². The van der Waals surface area contributed by atoms with Crippen molar-refractivity contribution in [1.29, 1.82) is 0 Å². The second kappa shape index (κ2) is 5.34. The summed E-state index contributed by atoms with van der Waals surface area (Å²) < 4.78 is 25.4. The largest absolute Gasteiger partial charge is 0.459 e. The molecule has 3 rings (SSSR count). The molecule has 0 bridgehead atoms. The molecule has 0 aromatic carbocycles. The molecule has 0 unspecified atom stereocenters. The first-order valence-electron chi connectivity index (χ1n) is 9.33. The molecule has 3 fully saturated rings. The van der Waals surface area contributed by atoms with Crippen LogP contribution in [0, 0.1) is 5.41 Å². The summed E-state index contributed by atoms with van der Waals surface area (Å²) in [6.45, 7) is 18.5. The topological polar surface area (TPSA) is 54.0 Å². The highest BCUT2D eigenvalue weighted by Gasteiger charge is 2.67. The maximum absolute atomic E-state index is 11.8. The highest BCUT2D eigenvalue weighted by Crippen LogP contribution is 2.56. The number of Topliss-reactive ketones (excluding diaryl/α,β-unsaturated/α-hetero) is 1. The Labute approximate surface area is 152 Å². The molecule has 0 aromatic heterocycles. The maximum atomic E-state index is 11.8. The molecule has 0 aromatic rings. The minimum absolute atomic E-state index is 0.160. The Morgan fingerprint density at radius 2 is 0.960 bits per heavy atom. The number of rotatable bonds is 3. The third-order valence-corrected chi connectivity index (χ3v) is 7.14. The van der Waals surface area contributed by atoms with Crippen molar-refractivity contribution in [3.05, 3.63) is 0 Å². The quantitative estimate of drug-likeness (QED) is 0.730. The molecule has 2 aliphatic heterocycles. The van der Waals surface area contributed by atoms with Crippen molar-refractivity contribution in [2.45, 2.75) is 103 Å². The first-order chi connectivity index (χ1) is 11.1. The summed E-state index contributed by atoms with van der Waals surface area (Å²) >= 11 is 0. The average Bonchev–Trinajstić information content (AvgIpc) is 2.66. The van der Waals surface area contributed by atoms with E-state index in [2.05, 4.69) is 6.92 Å². The van der Waals surface area contributed by atoms with Gasteiger partial charge < -0.3 is 18.6 Å². The van der Waals surface area contributed by atoms with Crippen LogP contribution < -0.4 is 0 Å². The van der Waals surface area contributed by atoms with Crippen LogP contribution in [0.25, 0.3) is 0 Å². The fourth-order valence-electron chi connectivity index (χ4n) is 3.94. The molecule has 0 atom stereocenters. The van der Waals surface area contributed by atoms with Crippen LogP contribution in [0.4, 0.5) is 0 Å². The van der Waals surface area contributed by atoms with E-state index in [1.54, 1.807) is 0 Å². The molecule has 0 amide bonds. The van der Waals surface area contributed by atoms with E-state index in [-0.39, 0.29) is 16.9 Å². The Morgan fingerprint density at radius 3 is 1.20 bits per heavy atom. The lowest BCUT2D eigenvalue weighted by atomic mass is 9.38. The standard InChI is InChI=1S/C18H32B2O5/c1-14(2)15(3,4)23-19(22-14)13(18(9)10-12(21)11-18)20-24-16(5,6)17(7,8)25-20/h13H,10-11H2,1-9H3. The molecule has 5 nitrogen and oxygen atoms in total. The lowest BCUT2D eigenvalue weighted by molar-refractivity contribution is -0.131. The van der Waals surface area contributed by atoms with E-state index >= 15 is 0 Å². The lowest BCUT2D eigenvalue weighted by Crippen LogP contribution is -2.52. The van der Waals surface area contributed by atoms with Crippen LogP contribution in [0.3, 0.4) is 0 Å². The third-order valence-electron chi connectivity index (χ3n) is 7.14. The molecule has 0 radical (unpaired) electrons. The normalized spacial score (nSPS) is 31.5. The van der Waals surface area contributed by atoms with Crippen molar-refractivity contribution in [2.75, 3.05) is 0 Å². The van der Waals surface area contributed by atoms with Crippen molar-refractivity contribution in [3.63, 3.8) is 0 Å². The second-order valence-corrected chi connectivity index (χ2v) is 10.3. The summed E-state index contributed by atoms with van der Waals surface area (Å²) in [5.74, 6) is 0.278. The zero-order valence-electron chi connectivity index (χ0n) is 17.2. The van der Waals surface area contributed by atoms with E-state index in [0.29, 0.717) is 12.8 Å². The van der Waals surface area contributed by atoms with E-state index < -0.39 is 36.6 Å². The van der Waals surface area contributed by atoms with Crippen LogP contribution in [0.5, 0.6) is 0 Å². The molecular weight excluding hydrogens is 318 g/mol. The van der Waals surface area contributed by atoms with Gasteiger partial charge in [0.1, 0.15) is 5.78 Å². The van der Waals surface area contributed by atoms with Crippen LogP contribution >= 0.6 is 0 Å². The summed E-state index contributed by atoms with van der Waals surface area (Å²) in [7, 11) is -0.921. The van der Waals surface area contributed by atoms with Crippen molar-refractivity contribution in [1.82, 2.24) is 0 Å². The Kier molecular flexibility index (Phi) is 4.14. The Balaban J connectivity index is 1.92. The summed E-state index contributed by atoms with van der Waals surface area (Å²) in [4.78, 5) is 11.8. The molecule has 0 spiro atoms. The molecule has 1 saturated carbocycles. The van der Waals surface area contributed by atoms with Crippen LogP contribution in [-0.2, 0) is 23.4 Å². The number of carbonyl (C=O) groups excluding carboxylic acids is 1. The van der Waals surface area contributed by atoms with Gasteiger partial charge in [-0.05, 0) is 60.8 Å². The molecule has 2 saturated heterocycles. The molecule has 2 heterocycles. The monoisotopic (exact) mass is 350 g/mol. The summed E-state index contributed by atoms with van der Waals surface area (Å²) in [6, 6.07) is 0. The van der Waals surface area contributed by atoms with Gasteiger partial charge in [0.05, 0.1) is 22.4 Å². The predicted octanol–water partition coefficient (Wildman–Crippen LogP) is 3.45. The van der Waals surface area contributed by atoms with Gasteiger partial charge in [-0.15, -0.1) is 0 Å². The molecule has 1 aliphatic carbocycles.